The Balaban J connectivity index is 2.01. The van der Waals surface area contributed by atoms with E-state index in [0.29, 0.717) is 39.6 Å². The Morgan fingerprint density at radius 2 is 1.13 bits per heavy atom. The zero-order valence-electron chi connectivity index (χ0n) is 18.4. The van der Waals surface area contributed by atoms with Crippen LogP contribution in [-0.2, 0) is 24.4 Å². The molecule has 0 amide bonds. The first-order valence-electron chi connectivity index (χ1n) is 10.6. The molecule has 0 aromatic heterocycles. The van der Waals surface area contributed by atoms with Crippen LogP contribution in [0.5, 0.6) is 0 Å². The molecule has 0 unspecified atom stereocenters. The summed E-state index contributed by atoms with van der Waals surface area (Å²) < 4.78 is 22.0. The molecule has 0 radical (unpaired) electrons. The first-order valence-corrected chi connectivity index (χ1v) is 10.6. The lowest BCUT2D eigenvalue weighted by Gasteiger charge is -2.32. The second-order valence-corrected chi connectivity index (χ2v) is 7.60. The van der Waals surface area contributed by atoms with Crippen LogP contribution < -0.4 is 0 Å². The number of methoxy groups -OCH3 is 2. The maximum Gasteiger partial charge on any atom is 0.0700 e. The molecule has 0 atom stereocenters. The van der Waals surface area contributed by atoms with Gasteiger partial charge >= 0.3 is 0 Å². The van der Waals surface area contributed by atoms with E-state index in [0.717, 1.165) is 24.0 Å². The number of hydrogen-bond acceptors (Lipinski definition) is 4. The van der Waals surface area contributed by atoms with E-state index in [9.17, 15) is 0 Å². The maximum atomic E-state index is 5.88. The van der Waals surface area contributed by atoms with Crippen molar-refractivity contribution in [2.75, 3.05) is 53.9 Å². The zero-order valence-corrected chi connectivity index (χ0v) is 18.4. The molecule has 0 heterocycles. The van der Waals surface area contributed by atoms with Gasteiger partial charge in [-0.2, -0.15) is 0 Å². The highest BCUT2D eigenvalue weighted by atomic mass is 16.5. The summed E-state index contributed by atoms with van der Waals surface area (Å²) in [4.78, 5) is 0. The van der Waals surface area contributed by atoms with E-state index in [1.807, 2.05) is 12.1 Å². The van der Waals surface area contributed by atoms with Gasteiger partial charge in [0.05, 0.1) is 26.4 Å². The normalized spacial score (nSPS) is 13.3. The fraction of sp³-hybridized carbons (Fsp3) is 0.407. The molecule has 1 aliphatic carbocycles. The zero-order chi connectivity index (χ0) is 22.1. The molecule has 0 fully saturated rings. The number of ether oxygens (including phenoxy) is 4. The van der Waals surface area contributed by atoms with E-state index < -0.39 is 0 Å². The fourth-order valence-electron chi connectivity index (χ4n) is 4.32. The molecule has 0 spiro atoms. The van der Waals surface area contributed by atoms with E-state index in [1.165, 1.54) is 22.3 Å². The summed E-state index contributed by atoms with van der Waals surface area (Å²) in [5, 5.41) is 0. The molecule has 2 aromatic carbocycles. The predicted molar refractivity (Wildman–Crippen MR) is 123 cm³/mol. The van der Waals surface area contributed by atoms with E-state index >= 15 is 0 Å². The van der Waals surface area contributed by atoms with Gasteiger partial charge in [-0.3, -0.25) is 0 Å². The average Bonchev–Trinajstić information content (AvgIpc) is 3.07. The minimum absolute atomic E-state index is 0.287. The number of hydrogen-bond donors (Lipinski definition) is 0. The lowest BCUT2D eigenvalue weighted by molar-refractivity contribution is 0.0490. The summed E-state index contributed by atoms with van der Waals surface area (Å²) in [5.74, 6) is 5.57. The highest BCUT2D eigenvalue weighted by molar-refractivity contribution is 5.82. The van der Waals surface area contributed by atoms with E-state index in [2.05, 4.69) is 36.1 Å². The Hall–Kier alpha value is -2.60. The molecule has 4 nitrogen and oxygen atoms in total. The second kappa shape index (κ2) is 11.1. The van der Waals surface area contributed by atoms with E-state index in [4.69, 9.17) is 31.8 Å². The number of terminal acetylenes is 2. The Morgan fingerprint density at radius 1 is 0.677 bits per heavy atom. The molecule has 0 saturated heterocycles. The van der Waals surface area contributed by atoms with Gasteiger partial charge < -0.3 is 18.9 Å². The van der Waals surface area contributed by atoms with E-state index in [1.54, 1.807) is 14.2 Å². The van der Waals surface area contributed by atoms with Crippen LogP contribution in [0.15, 0.2) is 36.4 Å². The summed E-state index contributed by atoms with van der Waals surface area (Å²) in [5.41, 5.74) is 6.29. The smallest absolute Gasteiger partial charge is 0.0700 e. The minimum Gasteiger partial charge on any atom is -0.382 e. The molecule has 0 bridgehead atoms. The van der Waals surface area contributed by atoms with Crippen LogP contribution in [0.25, 0.3) is 11.1 Å². The molecule has 0 saturated carbocycles. The highest BCUT2D eigenvalue weighted by Crippen LogP contribution is 2.53. The van der Waals surface area contributed by atoms with Crippen molar-refractivity contribution < 1.29 is 18.9 Å². The van der Waals surface area contributed by atoms with Crippen molar-refractivity contribution in [1.82, 2.24) is 0 Å². The monoisotopic (exact) mass is 418 g/mol. The average molecular weight is 419 g/mol. The van der Waals surface area contributed by atoms with Crippen molar-refractivity contribution in [3.05, 3.63) is 58.7 Å². The number of rotatable bonds is 12. The van der Waals surface area contributed by atoms with Gasteiger partial charge in [0.2, 0.25) is 0 Å². The van der Waals surface area contributed by atoms with Crippen molar-refractivity contribution in [3.63, 3.8) is 0 Å². The third kappa shape index (κ3) is 5.01. The van der Waals surface area contributed by atoms with Crippen LogP contribution in [0.4, 0.5) is 0 Å². The Labute approximate surface area is 185 Å². The summed E-state index contributed by atoms with van der Waals surface area (Å²) >= 11 is 0. The fourth-order valence-corrected chi connectivity index (χ4v) is 4.32. The van der Waals surface area contributed by atoms with Gasteiger partial charge in [-0.05, 0) is 59.4 Å². The van der Waals surface area contributed by atoms with Crippen molar-refractivity contribution in [2.45, 2.75) is 18.3 Å². The number of benzene rings is 2. The quantitative estimate of drug-likeness (QED) is 0.385. The molecule has 162 valence electrons. The Morgan fingerprint density at radius 3 is 1.52 bits per heavy atom. The second-order valence-electron chi connectivity index (χ2n) is 7.60. The van der Waals surface area contributed by atoms with Gasteiger partial charge in [-0.15, -0.1) is 12.8 Å². The van der Waals surface area contributed by atoms with Gasteiger partial charge in [0, 0.05) is 44.0 Å². The van der Waals surface area contributed by atoms with Crippen molar-refractivity contribution in [3.8, 4) is 35.8 Å². The predicted octanol–water partition coefficient (Wildman–Crippen LogP) is 4.02. The van der Waals surface area contributed by atoms with Crippen LogP contribution in [0, 0.1) is 24.7 Å². The van der Waals surface area contributed by atoms with Gasteiger partial charge in [0.15, 0.2) is 0 Å². The topological polar surface area (TPSA) is 36.9 Å². The molecule has 1 aliphatic rings. The van der Waals surface area contributed by atoms with Crippen molar-refractivity contribution >= 4 is 0 Å². The van der Waals surface area contributed by atoms with Crippen molar-refractivity contribution in [2.24, 2.45) is 0 Å². The first kappa shape index (κ1) is 23.1. The molecule has 0 N–H and O–H groups in total. The number of fused-ring (bicyclic) bond motifs is 3. The molecule has 3 rings (SSSR count). The summed E-state index contributed by atoms with van der Waals surface area (Å²) in [6, 6.07) is 12.5. The third-order valence-corrected chi connectivity index (χ3v) is 5.90. The molecular formula is C27H30O4. The van der Waals surface area contributed by atoms with Crippen LogP contribution >= 0.6 is 0 Å². The van der Waals surface area contributed by atoms with Gasteiger partial charge in [-0.1, -0.05) is 24.0 Å². The summed E-state index contributed by atoms with van der Waals surface area (Å²) in [7, 11) is 3.35. The molecule has 2 aromatic rings. The Bertz CT molecular complexity index is 885. The lowest BCUT2D eigenvalue weighted by atomic mass is 9.72. The highest BCUT2D eigenvalue weighted by Gasteiger charge is 2.43. The SMILES string of the molecule is C#Cc1ccc2c(c1)C(CCOCCOC)(CCOCCOC)c1cc(C#C)ccc1-2. The van der Waals surface area contributed by atoms with Gasteiger partial charge in [-0.25, -0.2) is 0 Å². The maximum absolute atomic E-state index is 5.88. The molecule has 31 heavy (non-hydrogen) atoms. The van der Waals surface area contributed by atoms with Gasteiger partial charge in [0.25, 0.3) is 0 Å². The van der Waals surface area contributed by atoms with Crippen molar-refractivity contribution in [1.29, 1.82) is 0 Å². The standard InChI is InChI=1S/C27H30O4/c1-5-21-7-9-23-24-10-8-22(6-2)20-26(24)27(25(23)19-21,11-13-30-17-15-28-3)12-14-31-18-16-29-4/h1-2,7-10,19-20H,11-18H2,3-4H3. The molecule has 4 heteroatoms. The van der Waals surface area contributed by atoms with E-state index in [-0.39, 0.29) is 5.41 Å². The Kier molecular flexibility index (Phi) is 8.29. The van der Waals surface area contributed by atoms with Crippen LogP contribution in [0.2, 0.25) is 0 Å². The first-order chi connectivity index (χ1) is 15.2. The van der Waals surface area contributed by atoms with Crippen LogP contribution in [0.3, 0.4) is 0 Å². The summed E-state index contributed by atoms with van der Waals surface area (Å²) in [6.45, 7) is 3.46. The van der Waals surface area contributed by atoms with Crippen LogP contribution in [0.1, 0.15) is 35.1 Å². The third-order valence-electron chi connectivity index (χ3n) is 5.90. The molecule has 0 aliphatic heterocycles. The van der Waals surface area contributed by atoms with Gasteiger partial charge in [0.1, 0.15) is 0 Å². The largest absolute Gasteiger partial charge is 0.382 e. The minimum atomic E-state index is -0.287. The van der Waals surface area contributed by atoms with Crippen LogP contribution in [-0.4, -0.2) is 53.9 Å². The molecular weight excluding hydrogens is 388 g/mol. The lowest BCUT2D eigenvalue weighted by Crippen LogP contribution is -2.30. The summed E-state index contributed by atoms with van der Waals surface area (Å²) in [6.07, 6.45) is 13.1.